The minimum absolute atomic E-state index is 0.0641. The summed E-state index contributed by atoms with van der Waals surface area (Å²) in [7, 11) is 0. The van der Waals surface area contributed by atoms with Crippen LogP contribution >= 0.6 is 28.6 Å². The Kier molecular flexibility index (Phi) is 4.29. The van der Waals surface area contributed by atoms with Crippen molar-refractivity contribution in [3.05, 3.63) is 46.4 Å². The molecule has 6 nitrogen and oxygen atoms in total. The van der Waals surface area contributed by atoms with Gasteiger partial charge in [-0.05, 0) is 33.6 Å². The summed E-state index contributed by atoms with van der Waals surface area (Å²) in [6.07, 6.45) is 0. The Bertz CT molecular complexity index is 882. The molecule has 0 atom stereocenters. The summed E-state index contributed by atoms with van der Waals surface area (Å²) in [5.74, 6) is 0.220. The Morgan fingerprint density at radius 1 is 1.13 bits per heavy atom. The van der Waals surface area contributed by atoms with Gasteiger partial charge in [0, 0.05) is 12.6 Å². The summed E-state index contributed by atoms with van der Waals surface area (Å²) in [6.45, 7) is 0.340. The Labute approximate surface area is 146 Å². The van der Waals surface area contributed by atoms with Gasteiger partial charge in [0.2, 0.25) is 0 Å². The van der Waals surface area contributed by atoms with E-state index in [1.165, 1.54) is 6.07 Å². The van der Waals surface area contributed by atoms with E-state index in [1.807, 2.05) is 24.3 Å². The van der Waals surface area contributed by atoms with Crippen LogP contribution in [0.15, 0.2) is 46.0 Å². The molecule has 8 heteroatoms. The standard InChI is InChI=1S/C15H13BrN4O2S/c16-10-5-9(12(21)6-13(10)22)14-18-19-15(23)20(14)11-4-2-1-3-8(11)7-17/h1-6,21-22H,7,17H2,(H,19,23). The zero-order valence-corrected chi connectivity index (χ0v) is 14.3. The molecular weight excluding hydrogens is 380 g/mol. The van der Waals surface area contributed by atoms with Gasteiger partial charge in [-0.25, -0.2) is 0 Å². The smallest absolute Gasteiger partial charge is 0.193 e. The number of aromatic nitrogens is 3. The fourth-order valence-electron chi connectivity index (χ4n) is 2.30. The van der Waals surface area contributed by atoms with Crippen molar-refractivity contribution in [3.63, 3.8) is 0 Å². The van der Waals surface area contributed by atoms with Crippen LogP contribution in [0.4, 0.5) is 0 Å². The van der Waals surface area contributed by atoms with Crippen molar-refractivity contribution < 1.29 is 10.2 Å². The zero-order valence-electron chi connectivity index (χ0n) is 11.8. The second-order valence-corrected chi connectivity index (χ2v) is 6.07. The SMILES string of the molecule is NCc1ccccc1-n1c(S)nnc1-c1cc(Br)c(O)cc1O. The van der Waals surface area contributed by atoms with Crippen LogP contribution in [0.25, 0.3) is 17.1 Å². The number of para-hydroxylation sites is 1. The molecule has 3 aromatic rings. The zero-order chi connectivity index (χ0) is 16.6. The van der Waals surface area contributed by atoms with Crippen molar-refractivity contribution >= 4 is 28.6 Å². The van der Waals surface area contributed by atoms with E-state index in [1.54, 1.807) is 10.6 Å². The van der Waals surface area contributed by atoms with Gasteiger partial charge in [0.15, 0.2) is 11.0 Å². The van der Waals surface area contributed by atoms with Crippen LogP contribution in [-0.4, -0.2) is 25.0 Å². The molecule has 0 aliphatic carbocycles. The molecule has 3 rings (SSSR count). The van der Waals surface area contributed by atoms with Gasteiger partial charge in [0.05, 0.1) is 15.7 Å². The van der Waals surface area contributed by atoms with E-state index >= 15 is 0 Å². The molecule has 4 N–H and O–H groups in total. The quantitative estimate of drug-likeness (QED) is 0.513. The van der Waals surface area contributed by atoms with Gasteiger partial charge in [-0.15, -0.1) is 22.8 Å². The molecule has 0 unspecified atom stereocenters. The summed E-state index contributed by atoms with van der Waals surface area (Å²) in [5, 5.41) is 28.3. The Hall–Kier alpha value is -2.03. The molecule has 0 amide bonds. The van der Waals surface area contributed by atoms with E-state index < -0.39 is 0 Å². The molecule has 0 bridgehead atoms. The number of phenols is 2. The van der Waals surface area contributed by atoms with Crippen LogP contribution in [0.5, 0.6) is 11.5 Å². The average molecular weight is 393 g/mol. The molecule has 0 aliphatic rings. The first-order chi connectivity index (χ1) is 11.0. The van der Waals surface area contributed by atoms with E-state index in [0.29, 0.717) is 27.6 Å². The fourth-order valence-corrected chi connectivity index (χ4v) is 2.89. The number of hydrogen-bond donors (Lipinski definition) is 4. The molecule has 0 spiro atoms. The maximum atomic E-state index is 10.2. The van der Waals surface area contributed by atoms with E-state index in [2.05, 4.69) is 38.8 Å². The normalized spacial score (nSPS) is 10.9. The number of thiol groups is 1. The average Bonchev–Trinajstić information content (AvgIpc) is 2.92. The van der Waals surface area contributed by atoms with Crippen molar-refractivity contribution in [2.24, 2.45) is 5.73 Å². The van der Waals surface area contributed by atoms with Gasteiger partial charge in [-0.1, -0.05) is 18.2 Å². The van der Waals surface area contributed by atoms with Crippen molar-refractivity contribution in [3.8, 4) is 28.6 Å². The Morgan fingerprint density at radius 3 is 2.61 bits per heavy atom. The highest BCUT2D eigenvalue weighted by Gasteiger charge is 2.19. The Balaban J connectivity index is 2.27. The molecule has 0 saturated carbocycles. The van der Waals surface area contributed by atoms with E-state index in [0.717, 1.165) is 11.3 Å². The molecule has 0 aliphatic heterocycles. The van der Waals surface area contributed by atoms with E-state index in [4.69, 9.17) is 5.73 Å². The topological polar surface area (TPSA) is 97.2 Å². The summed E-state index contributed by atoms with van der Waals surface area (Å²) in [5.41, 5.74) is 7.88. The highest BCUT2D eigenvalue weighted by atomic mass is 79.9. The van der Waals surface area contributed by atoms with Gasteiger partial charge >= 0.3 is 0 Å². The second-order valence-electron chi connectivity index (χ2n) is 4.81. The van der Waals surface area contributed by atoms with Crippen LogP contribution in [-0.2, 0) is 6.54 Å². The molecule has 23 heavy (non-hydrogen) atoms. The fraction of sp³-hybridized carbons (Fsp3) is 0.0667. The molecule has 0 saturated heterocycles. The minimum atomic E-state index is -0.113. The van der Waals surface area contributed by atoms with Crippen LogP contribution < -0.4 is 5.73 Å². The number of phenolic OH excluding ortho intramolecular Hbond substituents is 2. The Morgan fingerprint density at radius 2 is 1.87 bits per heavy atom. The molecular formula is C15H13BrN4O2S. The molecule has 1 heterocycles. The highest BCUT2D eigenvalue weighted by molar-refractivity contribution is 9.10. The van der Waals surface area contributed by atoms with E-state index in [9.17, 15) is 10.2 Å². The highest BCUT2D eigenvalue weighted by Crippen LogP contribution is 2.38. The monoisotopic (exact) mass is 392 g/mol. The van der Waals surface area contributed by atoms with Gasteiger partial charge in [-0.2, -0.15) is 0 Å². The summed E-state index contributed by atoms with van der Waals surface area (Å²) in [6, 6.07) is 10.4. The predicted molar refractivity (Wildman–Crippen MR) is 93.0 cm³/mol. The van der Waals surface area contributed by atoms with E-state index in [-0.39, 0.29) is 11.5 Å². The molecule has 118 valence electrons. The van der Waals surface area contributed by atoms with Crippen LogP contribution in [0.1, 0.15) is 5.56 Å². The van der Waals surface area contributed by atoms with Crippen molar-refractivity contribution in [2.75, 3.05) is 0 Å². The first-order valence-corrected chi connectivity index (χ1v) is 7.91. The van der Waals surface area contributed by atoms with Crippen molar-refractivity contribution in [1.82, 2.24) is 14.8 Å². The lowest BCUT2D eigenvalue weighted by Gasteiger charge is -2.13. The minimum Gasteiger partial charge on any atom is -0.507 e. The van der Waals surface area contributed by atoms with Crippen LogP contribution in [0.3, 0.4) is 0 Å². The lowest BCUT2D eigenvalue weighted by atomic mass is 10.1. The predicted octanol–water partition coefficient (Wildman–Crippen LogP) is 2.86. The van der Waals surface area contributed by atoms with Gasteiger partial charge < -0.3 is 15.9 Å². The third kappa shape index (κ3) is 2.80. The van der Waals surface area contributed by atoms with Gasteiger partial charge in [0.1, 0.15) is 11.5 Å². The first kappa shape index (κ1) is 15.9. The lowest BCUT2D eigenvalue weighted by Crippen LogP contribution is -2.06. The van der Waals surface area contributed by atoms with Crippen molar-refractivity contribution in [1.29, 1.82) is 0 Å². The number of halogens is 1. The summed E-state index contributed by atoms with van der Waals surface area (Å²) >= 11 is 7.59. The third-order valence-electron chi connectivity index (χ3n) is 3.40. The number of nitrogens with two attached hydrogens (primary N) is 1. The molecule has 0 radical (unpaired) electrons. The maximum Gasteiger partial charge on any atom is 0.193 e. The van der Waals surface area contributed by atoms with Gasteiger partial charge in [-0.3, -0.25) is 4.57 Å². The number of rotatable bonds is 3. The first-order valence-electron chi connectivity index (χ1n) is 6.67. The van der Waals surface area contributed by atoms with Gasteiger partial charge in [0.25, 0.3) is 0 Å². The molecule has 1 aromatic heterocycles. The summed E-state index contributed by atoms with van der Waals surface area (Å²) < 4.78 is 2.14. The maximum absolute atomic E-state index is 10.2. The van der Waals surface area contributed by atoms with Crippen LogP contribution in [0.2, 0.25) is 0 Å². The second kappa shape index (κ2) is 6.23. The summed E-state index contributed by atoms with van der Waals surface area (Å²) in [4.78, 5) is 0. The largest absolute Gasteiger partial charge is 0.507 e. The number of aromatic hydroxyl groups is 2. The molecule has 2 aromatic carbocycles. The molecule has 0 fully saturated rings. The number of hydrogen-bond acceptors (Lipinski definition) is 6. The van der Waals surface area contributed by atoms with Crippen molar-refractivity contribution in [2.45, 2.75) is 11.7 Å². The third-order valence-corrected chi connectivity index (χ3v) is 4.33. The number of nitrogens with zero attached hydrogens (tertiary/aromatic N) is 3. The lowest BCUT2D eigenvalue weighted by molar-refractivity contribution is 0.449. The number of benzene rings is 2. The van der Waals surface area contributed by atoms with Crippen LogP contribution in [0, 0.1) is 0 Å².